The molecule has 8 heteroatoms. The van der Waals surface area contributed by atoms with E-state index in [4.69, 9.17) is 11.6 Å². The molecule has 0 radical (unpaired) electrons. The third-order valence-corrected chi connectivity index (χ3v) is 5.13. The van der Waals surface area contributed by atoms with E-state index in [0.717, 1.165) is 38.4 Å². The SMILES string of the molecule is Clc1cnn(C2CCN(c3nnnn3CCC3=CCCCC3)C2)c1. The van der Waals surface area contributed by atoms with E-state index < -0.39 is 0 Å². The Morgan fingerprint density at radius 2 is 2.25 bits per heavy atom. The van der Waals surface area contributed by atoms with Crippen LogP contribution in [-0.4, -0.2) is 43.1 Å². The summed E-state index contributed by atoms with van der Waals surface area (Å²) < 4.78 is 3.89. The van der Waals surface area contributed by atoms with Gasteiger partial charge in [-0.25, -0.2) is 4.68 Å². The van der Waals surface area contributed by atoms with Gasteiger partial charge in [0, 0.05) is 19.3 Å². The van der Waals surface area contributed by atoms with Crippen molar-refractivity contribution in [1.29, 1.82) is 0 Å². The summed E-state index contributed by atoms with van der Waals surface area (Å²) in [4.78, 5) is 2.25. The Morgan fingerprint density at radius 3 is 3.04 bits per heavy atom. The van der Waals surface area contributed by atoms with Crippen molar-refractivity contribution in [3.05, 3.63) is 29.1 Å². The molecule has 0 aromatic carbocycles. The highest BCUT2D eigenvalue weighted by Crippen LogP contribution is 2.26. The van der Waals surface area contributed by atoms with E-state index in [-0.39, 0.29) is 0 Å². The van der Waals surface area contributed by atoms with E-state index in [9.17, 15) is 0 Å². The van der Waals surface area contributed by atoms with Crippen molar-refractivity contribution in [3.63, 3.8) is 0 Å². The van der Waals surface area contributed by atoms with E-state index in [2.05, 4.69) is 31.6 Å². The lowest BCUT2D eigenvalue weighted by Gasteiger charge is -2.18. The molecule has 0 bridgehead atoms. The number of tetrazole rings is 1. The molecule has 7 nitrogen and oxygen atoms in total. The molecule has 2 aliphatic rings. The Balaban J connectivity index is 1.40. The average Bonchev–Trinajstić information content (AvgIpc) is 3.33. The fourth-order valence-electron chi connectivity index (χ4n) is 3.61. The van der Waals surface area contributed by atoms with Gasteiger partial charge < -0.3 is 4.90 Å². The van der Waals surface area contributed by atoms with Crippen LogP contribution in [0, 0.1) is 0 Å². The van der Waals surface area contributed by atoms with Gasteiger partial charge in [-0.15, -0.1) is 0 Å². The molecule has 1 unspecified atom stereocenters. The molecule has 1 fully saturated rings. The Kier molecular flexibility index (Phi) is 4.51. The monoisotopic (exact) mass is 347 g/mol. The molecular weight excluding hydrogens is 326 g/mol. The highest BCUT2D eigenvalue weighted by Gasteiger charge is 2.28. The summed E-state index contributed by atoms with van der Waals surface area (Å²) in [6.07, 6.45) is 13.1. The molecule has 128 valence electrons. The molecule has 0 amide bonds. The standard InChI is InChI=1S/C16H22ClN7/c17-14-10-18-24(11-14)15-7-8-22(12-15)16-19-20-21-23(16)9-6-13-4-2-1-3-5-13/h4,10-11,15H,1-3,5-9,12H2. The van der Waals surface area contributed by atoms with Crippen LogP contribution in [0.3, 0.4) is 0 Å². The minimum absolute atomic E-state index is 0.323. The molecule has 1 aliphatic carbocycles. The van der Waals surface area contributed by atoms with Crippen LogP contribution in [-0.2, 0) is 6.54 Å². The lowest BCUT2D eigenvalue weighted by Crippen LogP contribution is -2.25. The van der Waals surface area contributed by atoms with E-state index in [1.54, 1.807) is 11.8 Å². The molecular formula is C16H22ClN7. The van der Waals surface area contributed by atoms with Crippen molar-refractivity contribution in [3.8, 4) is 0 Å². The summed E-state index contributed by atoms with van der Waals surface area (Å²) >= 11 is 5.98. The number of hydrogen-bond donors (Lipinski definition) is 0. The Morgan fingerprint density at radius 1 is 1.29 bits per heavy atom. The molecule has 0 saturated carbocycles. The summed E-state index contributed by atoms with van der Waals surface area (Å²) in [5.74, 6) is 0.868. The predicted octanol–water partition coefficient (Wildman–Crippen LogP) is 2.86. The van der Waals surface area contributed by atoms with Crippen LogP contribution in [0.15, 0.2) is 24.0 Å². The van der Waals surface area contributed by atoms with E-state index in [1.165, 1.54) is 25.7 Å². The molecule has 1 atom stereocenters. The topological polar surface area (TPSA) is 64.7 Å². The normalized spacial score (nSPS) is 21.3. The van der Waals surface area contributed by atoms with E-state index >= 15 is 0 Å². The molecule has 0 spiro atoms. The number of nitrogens with zero attached hydrogens (tertiary/aromatic N) is 7. The van der Waals surface area contributed by atoms with Crippen LogP contribution in [0.5, 0.6) is 0 Å². The number of anilines is 1. The van der Waals surface area contributed by atoms with Gasteiger partial charge in [-0.3, -0.25) is 4.68 Å². The van der Waals surface area contributed by atoms with Gasteiger partial charge in [0.05, 0.1) is 23.8 Å². The molecule has 0 N–H and O–H groups in total. The van der Waals surface area contributed by atoms with Crippen LogP contribution in [0.1, 0.15) is 44.6 Å². The smallest absolute Gasteiger partial charge is 0.245 e. The second kappa shape index (κ2) is 6.93. The van der Waals surface area contributed by atoms with Gasteiger partial charge >= 0.3 is 0 Å². The van der Waals surface area contributed by atoms with Crippen molar-refractivity contribution in [2.75, 3.05) is 18.0 Å². The van der Waals surface area contributed by atoms with Crippen LogP contribution < -0.4 is 4.90 Å². The maximum Gasteiger partial charge on any atom is 0.245 e. The molecule has 2 aromatic heterocycles. The number of aryl methyl sites for hydroxylation is 1. The lowest BCUT2D eigenvalue weighted by atomic mass is 9.97. The van der Waals surface area contributed by atoms with Crippen LogP contribution >= 0.6 is 11.6 Å². The third kappa shape index (κ3) is 3.31. The van der Waals surface area contributed by atoms with Crippen molar-refractivity contribution in [1.82, 2.24) is 30.0 Å². The fourth-order valence-corrected chi connectivity index (χ4v) is 3.75. The number of halogens is 1. The summed E-state index contributed by atoms with van der Waals surface area (Å²) in [5.41, 5.74) is 1.55. The summed E-state index contributed by atoms with van der Waals surface area (Å²) in [5, 5.41) is 17.3. The summed E-state index contributed by atoms with van der Waals surface area (Å²) in [7, 11) is 0. The zero-order valence-corrected chi connectivity index (χ0v) is 14.4. The molecule has 1 saturated heterocycles. The molecule has 1 aliphatic heterocycles. The first-order valence-corrected chi connectivity index (χ1v) is 9.06. The third-order valence-electron chi connectivity index (χ3n) is 4.93. The first-order chi connectivity index (χ1) is 11.8. The second-order valence-electron chi connectivity index (χ2n) is 6.59. The van der Waals surface area contributed by atoms with Crippen LogP contribution in [0.25, 0.3) is 0 Å². The van der Waals surface area contributed by atoms with Crippen molar-refractivity contribution in [2.45, 2.75) is 51.1 Å². The minimum atomic E-state index is 0.323. The van der Waals surface area contributed by atoms with Crippen molar-refractivity contribution in [2.24, 2.45) is 0 Å². The van der Waals surface area contributed by atoms with E-state index in [0.29, 0.717) is 11.1 Å². The Bertz CT molecular complexity index is 720. The summed E-state index contributed by atoms with van der Waals surface area (Å²) in [6, 6.07) is 0.323. The van der Waals surface area contributed by atoms with Gasteiger partial charge in [0.2, 0.25) is 5.95 Å². The van der Waals surface area contributed by atoms with Gasteiger partial charge in [-0.05, 0) is 49.0 Å². The lowest BCUT2D eigenvalue weighted by molar-refractivity contribution is 0.493. The van der Waals surface area contributed by atoms with Gasteiger partial charge in [0.25, 0.3) is 0 Å². The molecule has 2 aromatic rings. The van der Waals surface area contributed by atoms with Crippen LogP contribution in [0.4, 0.5) is 5.95 Å². The quantitative estimate of drug-likeness (QED) is 0.778. The highest BCUT2D eigenvalue weighted by molar-refractivity contribution is 6.30. The van der Waals surface area contributed by atoms with Gasteiger partial charge in [0.15, 0.2) is 0 Å². The molecule has 3 heterocycles. The first-order valence-electron chi connectivity index (χ1n) is 8.68. The molecule has 24 heavy (non-hydrogen) atoms. The number of hydrogen-bond acceptors (Lipinski definition) is 5. The summed E-state index contributed by atoms with van der Waals surface area (Å²) in [6.45, 7) is 2.65. The number of rotatable bonds is 5. The van der Waals surface area contributed by atoms with Gasteiger partial charge in [-0.2, -0.15) is 5.10 Å². The van der Waals surface area contributed by atoms with Crippen LogP contribution in [0.2, 0.25) is 5.02 Å². The fraction of sp³-hybridized carbons (Fsp3) is 0.625. The average molecular weight is 348 g/mol. The Labute approximate surface area is 146 Å². The number of aromatic nitrogens is 6. The first kappa shape index (κ1) is 15.6. The predicted molar refractivity (Wildman–Crippen MR) is 92.1 cm³/mol. The largest absolute Gasteiger partial charge is 0.337 e. The van der Waals surface area contributed by atoms with Crippen molar-refractivity contribution < 1.29 is 0 Å². The minimum Gasteiger partial charge on any atom is -0.337 e. The maximum absolute atomic E-state index is 5.98. The maximum atomic E-state index is 5.98. The Hall–Kier alpha value is -1.89. The van der Waals surface area contributed by atoms with E-state index in [1.807, 2.05) is 15.6 Å². The highest BCUT2D eigenvalue weighted by atomic mass is 35.5. The van der Waals surface area contributed by atoms with Gasteiger partial charge in [-0.1, -0.05) is 28.3 Å². The number of allylic oxidation sites excluding steroid dienone is 2. The van der Waals surface area contributed by atoms with Crippen molar-refractivity contribution >= 4 is 17.5 Å². The second-order valence-corrected chi connectivity index (χ2v) is 7.02. The molecule has 4 rings (SSSR count). The van der Waals surface area contributed by atoms with Gasteiger partial charge in [0.1, 0.15) is 0 Å². The zero-order valence-electron chi connectivity index (χ0n) is 13.7. The zero-order chi connectivity index (χ0) is 16.4.